The molecule has 1 aromatic carbocycles. The predicted molar refractivity (Wildman–Crippen MR) is 102 cm³/mol. The molecule has 0 radical (unpaired) electrons. The molecule has 0 aliphatic carbocycles. The molecule has 1 aliphatic heterocycles. The summed E-state index contributed by atoms with van der Waals surface area (Å²) in [6, 6.07) is 9.08. The Hall–Kier alpha value is -3.46. The van der Waals surface area contributed by atoms with Gasteiger partial charge in [0.1, 0.15) is 11.7 Å². The smallest absolute Gasteiger partial charge is 0.326 e. The van der Waals surface area contributed by atoms with Crippen molar-refractivity contribution in [3.8, 4) is 11.3 Å². The molecule has 2 aromatic heterocycles. The third-order valence-electron chi connectivity index (χ3n) is 4.17. The van der Waals surface area contributed by atoms with Crippen molar-refractivity contribution in [1.82, 2.24) is 15.5 Å². The Morgan fingerprint density at radius 1 is 1.26 bits per heavy atom. The van der Waals surface area contributed by atoms with Gasteiger partial charge in [0.15, 0.2) is 0 Å². The maximum Gasteiger partial charge on any atom is 0.329 e. The van der Waals surface area contributed by atoms with Gasteiger partial charge in [-0.2, -0.15) is 16.4 Å². The van der Waals surface area contributed by atoms with Crippen molar-refractivity contribution < 1.29 is 14.4 Å². The number of anilines is 2. The Morgan fingerprint density at radius 2 is 2.07 bits per heavy atom. The largest absolute Gasteiger partial charge is 0.329 e. The molecule has 4 amide bonds. The predicted octanol–water partition coefficient (Wildman–Crippen LogP) is 2.84. The molecular formula is C18H15N5O3S. The molecule has 0 spiro atoms. The lowest BCUT2D eigenvalue weighted by Gasteiger charge is -2.17. The van der Waals surface area contributed by atoms with Crippen LogP contribution < -0.4 is 15.5 Å². The lowest BCUT2D eigenvalue weighted by molar-refractivity contribution is -0.117. The Bertz CT molecular complexity index is 1030. The number of para-hydroxylation sites is 2. The first kappa shape index (κ1) is 17.0. The van der Waals surface area contributed by atoms with Crippen LogP contribution in [0.2, 0.25) is 0 Å². The summed E-state index contributed by atoms with van der Waals surface area (Å²) in [7, 11) is 0. The molecule has 27 heavy (non-hydrogen) atoms. The maximum atomic E-state index is 12.6. The first-order valence-corrected chi connectivity index (χ1v) is 9.11. The van der Waals surface area contributed by atoms with Crippen molar-refractivity contribution in [3.63, 3.8) is 0 Å². The fraction of sp³-hybridized carbons (Fsp3) is 0.111. The van der Waals surface area contributed by atoms with Crippen molar-refractivity contribution >= 4 is 40.6 Å². The van der Waals surface area contributed by atoms with Crippen LogP contribution in [0.3, 0.4) is 0 Å². The molecule has 1 aliphatic rings. The summed E-state index contributed by atoms with van der Waals surface area (Å²) in [6.45, 7) is 1.61. The Kier molecular flexibility index (Phi) is 4.21. The van der Waals surface area contributed by atoms with Crippen LogP contribution in [-0.4, -0.2) is 34.1 Å². The van der Waals surface area contributed by atoms with Crippen molar-refractivity contribution in [3.05, 3.63) is 52.9 Å². The number of amides is 4. The van der Waals surface area contributed by atoms with Gasteiger partial charge < -0.3 is 10.6 Å². The highest BCUT2D eigenvalue weighted by Gasteiger charge is 2.37. The molecule has 0 bridgehead atoms. The summed E-state index contributed by atoms with van der Waals surface area (Å²) in [6.07, 6.45) is 0. The van der Waals surface area contributed by atoms with Gasteiger partial charge in [-0.1, -0.05) is 12.1 Å². The molecule has 0 saturated carbocycles. The van der Waals surface area contributed by atoms with Gasteiger partial charge in [0.2, 0.25) is 0 Å². The number of urea groups is 1. The summed E-state index contributed by atoms with van der Waals surface area (Å²) in [5.41, 5.74) is 2.53. The molecule has 9 heteroatoms. The molecule has 8 nitrogen and oxygen atoms in total. The number of nitrogens with one attached hydrogen (secondary N) is 3. The summed E-state index contributed by atoms with van der Waals surface area (Å²) in [4.78, 5) is 38.0. The maximum absolute atomic E-state index is 12.6. The number of imide groups is 1. The molecule has 1 unspecified atom stereocenters. The van der Waals surface area contributed by atoms with Gasteiger partial charge in [0, 0.05) is 10.9 Å². The van der Waals surface area contributed by atoms with Crippen LogP contribution in [0, 0.1) is 0 Å². The SMILES string of the molecule is CC1NC(=O)N(c2ccccc2NC(=O)c2cc(-c3ccsc3)n[nH]2)C1=O. The van der Waals surface area contributed by atoms with Crippen molar-refractivity contribution in [2.75, 3.05) is 10.2 Å². The zero-order chi connectivity index (χ0) is 19.0. The number of carbonyl (C=O) groups is 3. The van der Waals surface area contributed by atoms with E-state index in [9.17, 15) is 14.4 Å². The van der Waals surface area contributed by atoms with E-state index < -0.39 is 18.0 Å². The first-order chi connectivity index (χ1) is 13.0. The third kappa shape index (κ3) is 3.08. The van der Waals surface area contributed by atoms with E-state index in [0.717, 1.165) is 10.5 Å². The number of benzene rings is 1. The Balaban J connectivity index is 1.59. The first-order valence-electron chi connectivity index (χ1n) is 8.17. The lowest BCUT2D eigenvalue weighted by atomic mass is 10.2. The van der Waals surface area contributed by atoms with Gasteiger partial charge in [0.25, 0.3) is 11.8 Å². The van der Waals surface area contributed by atoms with Gasteiger partial charge in [0.05, 0.1) is 17.1 Å². The summed E-state index contributed by atoms with van der Waals surface area (Å²) in [5.74, 6) is -0.792. The summed E-state index contributed by atoms with van der Waals surface area (Å²) >= 11 is 1.54. The number of hydrogen-bond donors (Lipinski definition) is 3. The van der Waals surface area contributed by atoms with Gasteiger partial charge in [-0.3, -0.25) is 14.7 Å². The molecule has 3 N–H and O–H groups in total. The van der Waals surface area contributed by atoms with E-state index in [1.165, 1.54) is 0 Å². The van der Waals surface area contributed by atoms with Crippen molar-refractivity contribution in [1.29, 1.82) is 0 Å². The monoisotopic (exact) mass is 381 g/mol. The third-order valence-corrected chi connectivity index (χ3v) is 4.85. The second kappa shape index (κ2) is 6.69. The second-order valence-electron chi connectivity index (χ2n) is 5.99. The van der Waals surface area contributed by atoms with E-state index in [1.807, 2.05) is 16.8 Å². The average molecular weight is 381 g/mol. The number of thiophene rings is 1. The molecule has 3 aromatic rings. The minimum absolute atomic E-state index is 0.275. The highest BCUT2D eigenvalue weighted by molar-refractivity contribution is 7.08. The zero-order valence-electron chi connectivity index (χ0n) is 14.2. The highest BCUT2D eigenvalue weighted by atomic mass is 32.1. The van der Waals surface area contributed by atoms with Crippen molar-refractivity contribution in [2.45, 2.75) is 13.0 Å². The molecular weight excluding hydrogens is 366 g/mol. The van der Waals surface area contributed by atoms with Crippen LogP contribution in [0.15, 0.2) is 47.2 Å². The normalized spacial score (nSPS) is 16.5. The van der Waals surface area contributed by atoms with E-state index in [0.29, 0.717) is 17.1 Å². The van der Waals surface area contributed by atoms with Crippen molar-refractivity contribution in [2.24, 2.45) is 0 Å². The number of aromatic nitrogens is 2. The lowest BCUT2D eigenvalue weighted by Crippen LogP contribution is -2.32. The van der Waals surface area contributed by atoms with Crippen LogP contribution >= 0.6 is 11.3 Å². The van der Waals surface area contributed by atoms with Crippen LogP contribution in [-0.2, 0) is 4.79 Å². The zero-order valence-corrected chi connectivity index (χ0v) is 15.0. The second-order valence-corrected chi connectivity index (χ2v) is 6.78. The number of aromatic amines is 1. The molecule has 1 saturated heterocycles. The molecule has 136 valence electrons. The number of carbonyl (C=O) groups excluding carboxylic acids is 3. The summed E-state index contributed by atoms with van der Waals surface area (Å²) < 4.78 is 0. The fourth-order valence-corrected chi connectivity index (χ4v) is 3.44. The van der Waals surface area contributed by atoms with Crippen LogP contribution in [0.4, 0.5) is 16.2 Å². The number of rotatable bonds is 4. The average Bonchev–Trinajstić information content (AvgIpc) is 3.38. The van der Waals surface area contributed by atoms with E-state index in [4.69, 9.17) is 0 Å². The molecule has 1 fully saturated rings. The molecule has 3 heterocycles. The minimum atomic E-state index is -0.609. The van der Waals surface area contributed by atoms with Gasteiger partial charge in [-0.25, -0.2) is 9.69 Å². The van der Waals surface area contributed by atoms with E-state index in [-0.39, 0.29) is 11.6 Å². The van der Waals surface area contributed by atoms with Gasteiger partial charge in [-0.05, 0) is 36.6 Å². The quantitative estimate of drug-likeness (QED) is 0.604. The standard InChI is InChI=1S/C18H15N5O3S/c1-10-17(25)23(18(26)19-10)15-5-3-2-4-12(15)20-16(24)14-8-13(21-22-14)11-6-7-27-9-11/h2-10H,1H3,(H,19,26)(H,20,24)(H,21,22). The number of hydrogen-bond acceptors (Lipinski definition) is 5. The van der Waals surface area contributed by atoms with Crippen LogP contribution in [0.5, 0.6) is 0 Å². The fourth-order valence-electron chi connectivity index (χ4n) is 2.79. The molecule has 1 atom stereocenters. The Morgan fingerprint density at radius 3 is 2.78 bits per heavy atom. The topological polar surface area (TPSA) is 107 Å². The number of H-pyrrole nitrogens is 1. The number of nitrogens with zero attached hydrogens (tertiary/aromatic N) is 2. The minimum Gasteiger partial charge on any atom is -0.326 e. The van der Waals surface area contributed by atoms with Crippen LogP contribution in [0.1, 0.15) is 17.4 Å². The van der Waals surface area contributed by atoms with Gasteiger partial charge >= 0.3 is 6.03 Å². The molecule has 4 rings (SSSR count). The van der Waals surface area contributed by atoms with E-state index >= 15 is 0 Å². The summed E-state index contributed by atoms with van der Waals surface area (Å²) in [5, 5.41) is 16.0. The highest BCUT2D eigenvalue weighted by Crippen LogP contribution is 2.29. The van der Waals surface area contributed by atoms with Crippen LogP contribution in [0.25, 0.3) is 11.3 Å². The van der Waals surface area contributed by atoms with E-state index in [1.54, 1.807) is 48.6 Å². The Labute approximate surface area is 158 Å². The van der Waals surface area contributed by atoms with Gasteiger partial charge in [-0.15, -0.1) is 0 Å². The van der Waals surface area contributed by atoms with E-state index in [2.05, 4.69) is 20.8 Å².